The highest BCUT2D eigenvalue weighted by Gasteiger charge is 2.19. The summed E-state index contributed by atoms with van der Waals surface area (Å²) in [5, 5.41) is 0. The molecule has 0 saturated carbocycles. The molecule has 0 aromatic heterocycles. The number of carbonyl (C=O) groups is 1. The molecule has 2 unspecified atom stereocenters. The molecule has 2 rings (SSSR count). The molecule has 1 nitrogen and oxygen atoms in total. The van der Waals surface area contributed by atoms with Crippen molar-refractivity contribution in [2.45, 2.75) is 61.1 Å². The van der Waals surface area contributed by atoms with E-state index in [-0.39, 0.29) is 10.6 Å². The van der Waals surface area contributed by atoms with Gasteiger partial charge in [0.25, 0.3) is 0 Å². The maximum absolute atomic E-state index is 12.6. The third-order valence-electron chi connectivity index (χ3n) is 4.34. The quantitative estimate of drug-likeness (QED) is 0.313. The highest BCUT2D eigenvalue weighted by molar-refractivity contribution is 9.10. The summed E-state index contributed by atoms with van der Waals surface area (Å²) >= 11 is 5.32. The molecule has 134 valence electrons. The topological polar surface area (TPSA) is 17.1 Å². The first-order valence-electron chi connectivity index (χ1n) is 9.02. The van der Waals surface area contributed by atoms with E-state index in [4.69, 9.17) is 0 Å². The Bertz CT molecular complexity index is 663. The minimum absolute atomic E-state index is 0.0880. The molecule has 2 aromatic carbocycles. The van der Waals surface area contributed by atoms with E-state index in [9.17, 15) is 4.79 Å². The van der Waals surface area contributed by atoms with Gasteiger partial charge in [-0.05, 0) is 43.5 Å². The van der Waals surface area contributed by atoms with Crippen molar-refractivity contribution in [1.29, 1.82) is 0 Å². The van der Waals surface area contributed by atoms with Gasteiger partial charge in [-0.2, -0.15) is 0 Å². The third kappa shape index (κ3) is 6.63. The van der Waals surface area contributed by atoms with Crippen molar-refractivity contribution in [3.8, 4) is 0 Å². The van der Waals surface area contributed by atoms with Crippen LogP contribution in [-0.4, -0.2) is 10.6 Å². The van der Waals surface area contributed by atoms with E-state index in [1.165, 1.54) is 29.7 Å². The SMILES string of the molecule is CCCCC(C)CC(Br)C(=O)c1ccc(Sc2ccc(C)cc2)cc1. The minimum atomic E-state index is -0.0880. The van der Waals surface area contributed by atoms with Gasteiger partial charge in [0.2, 0.25) is 0 Å². The Hall–Kier alpha value is -1.06. The average Bonchev–Trinajstić information content (AvgIpc) is 2.62. The van der Waals surface area contributed by atoms with Crippen LogP contribution >= 0.6 is 27.7 Å². The Balaban J connectivity index is 1.94. The zero-order valence-electron chi connectivity index (χ0n) is 15.3. The lowest BCUT2D eigenvalue weighted by atomic mass is 9.96. The predicted octanol–water partition coefficient (Wildman–Crippen LogP) is 7.31. The first-order chi connectivity index (χ1) is 12.0. The molecule has 25 heavy (non-hydrogen) atoms. The third-order valence-corrected chi connectivity index (χ3v) is 6.15. The van der Waals surface area contributed by atoms with Crippen LogP contribution in [0.5, 0.6) is 0 Å². The lowest BCUT2D eigenvalue weighted by Crippen LogP contribution is -2.17. The molecule has 0 aliphatic carbocycles. The molecule has 2 aromatic rings. The Kier molecular flexibility index (Phi) is 8.25. The van der Waals surface area contributed by atoms with Crippen molar-refractivity contribution in [1.82, 2.24) is 0 Å². The predicted molar refractivity (Wildman–Crippen MR) is 112 cm³/mol. The monoisotopic (exact) mass is 418 g/mol. The second kappa shape index (κ2) is 10.2. The number of hydrogen-bond donors (Lipinski definition) is 0. The van der Waals surface area contributed by atoms with Gasteiger partial charge in [-0.25, -0.2) is 0 Å². The van der Waals surface area contributed by atoms with Gasteiger partial charge in [-0.3, -0.25) is 4.79 Å². The van der Waals surface area contributed by atoms with Gasteiger partial charge < -0.3 is 0 Å². The van der Waals surface area contributed by atoms with Gasteiger partial charge in [-0.15, -0.1) is 0 Å². The molecule has 0 spiro atoms. The van der Waals surface area contributed by atoms with Crippen LogP contribution < -0.4 is 0 Å². The van der Waals surface area contributed by atoms with Crippen LogP contribution in [0.3, 0.4) is 0 Å². The first kappa shape index (κ1) is 20.3. The molecular weight excluding hydrogens is 392 g/mol. The van der Waals surface area contributed by atoms with Crippen LogP contribution in [0.15, 0.2) is 58.3 Å². The average molecular weight is 419 g/mol. The summed E-state index contributed by atoms with van der Waals surface area (Å²) in [6, 6.07) is 16.5. The minimum Gasteiger partial charge on any atom is -0.293 e. The van der Waals surface area contributed by atoms with E-state index >= 15 is 0 Å². The van der Waals surface area contributed by atoms with E-state index in [2.05, 4.69) is 61.0 Å². The van der Waals surface area contributed by atoms with Gasteiger partial charge in [0.1, 0.15) is 0 Å². The number of halogens is 1. The number of hydrogen-bond acceptors (Lipinski definition) is 2. The maximum atomic E-state index is 12.6. The summed E-state index contributed by atoms with van der Waals surface area (Å²) in [6.07, 6.45) is 4.54. The highest BCUT2D eigenvalue weighted by atomic mass is 79.9. The first-order valence-corrected chi connectivity index (χ1v) is 10.8. The van der Waals surface area contributed by atoms with Crippen molar-refractivity contribution in [3.63, 3.8) is 0 Å². The molecule has 0 bridgehead atoms. The number of alkyl halides is 1. The van der Waals surface area contributed by atoms with E-state index in [0.29, 0.717) is 5.92 Å². The Morgan fingerprint density at radius 3 is 2.16 bits per heavy atom. The number of carbonyl (C=O) groups excluding carboxylic acids is 1. The Morgan fingerprint density at radius 1 is 1.04 bits per heavy atom. The smallest absolute Gasteiger partial charge is 0.176 e. The summed E-state index contributed by atoms with van der Waals surface area (Å²) in [5.74, 6) is 0.764. The van der Waals surface area contributed by atoms with Crippen LogP contribution in [0, 0.1) is 12.8 Å². The summed E-state index contributed by atoms with van der Waals surface area (Å²) < 4.78 is 0. The largest absolute Gasteiger partial charge is 0.293 e. The van der Waals surface area contributed by atoms with Crippen LogP contribution in [0.25, 0.3) is 0 Å². The molecule has 3 heteroatoms. The molecule has 0 aliphatic rings. The zero-order valence-corrected chi connectivity index (χ0v) is 17.7. The number of rotatable bonds is 9. The molecule has 0 fully saturated rings. The number of Topliss-reactive ketones (excluding diaryl/α,β-unsaturated/α-hetero) is 1. The molecule has 2 atom stereocenters. The lowest BCUT2D eigenvalue weighted by molar-refractivity contribution is 0.0983. The van der Waals surface area contributed by atoms with Crippen LogP contribution in [0.1, 0.15) is 55.5 Å². The maximum Gasteiger partial charge on any atom is 0.176 e. The van der Waals surface area contributed by atoms with Crippen molar-refractivity contribution in [2.75, 3.05) is 0 Å². The van der Waals surface area contributed by atoms with E-state index in [1.807, 2.05) is 24.3 Å². The summed E-state index contributed by atoms with van der Waals surface area (Å²) in [5.41, 5.74) is 2.06. The standard InChI is InChI=1S/C22H27BrOS/c1-4-5-6-17(3)15-21(23)22(24)18-9-13-20(14-10-18)25-19-11-7-16(2)8-12-19/h7-14,17,21H,4-6,15H2,1-3H3. The zero-order chi connectivity index (χ0) is 18.2. The van der Waals surface area contributed by atoms with Gasteiger partial charge in [0, 0.05) is 15.4 Å². The highest BCUT2D eigenvalue weighted by Crippen LogP contribution is 2.29. The van der Waals surface area contributed by atoms with Crippen LogP contribution in [0.2, 0.25) is 0 Å². The summed E-state index contributed by atoms with van der Waals surface area (Å²) in [4.78, 5) is 14.9. The van der Waals surface area contributed by atoms with E-state index in [0.717, 1.165) is 16.9 Å². The number of benzene rings is 2. The normalized spacial score (nSPS) is 13.4. The lowest BCUT2D eigenvalue weighted by Gasteiger charge is -2.15. The number of aryl methyl sites for hydroxylation is 1. The van der Waals surface area contributed by atoms with Gasteiger partial charge in [-0.1, -0.05) is 90.6 Å². The molecule has 0 radical (unpaired) electrons. The van der Waals surface area contributed by atoms with Crippen LogP contribution in [0.4, 0.5) is 0 Å². The molecule has 0 amide bonds. The van der Waals surface area contributed by atoms with Crippen molar-refractivity contribution in [2.24, 2.45) is 5.92 Å². The molecule has 0 aliphatic heterocycles. The van der Waals surface area contributed by atoms with Crippen molar-refractivity contribution < 1.29 is 4.79 Å². The molecule has 0 N–H and O–H groups in total. The number of ketones is 1. The van der Waals surface area contributed by atoms with Crippen molar-refractivity contribution >= 4 is 33.5 Å². The van der Waals surface area contributed by atoms with Gasteiger partial charge >= 0.3 is 0 Å². The van der Waals surface area contributed by atoms with Gasteiger partial charge in [0.15, 0.2) is 5.78 Å². The number of unbranched alkanes of at least 4 members (excludes halogenated alkanes) is 1. The summed E-state index contributed by atoms with van der Waals surface area (Å²) in [6.45, 7) is 6.53. The second-order valence-electron chi connectivity index (χ2n) is 6.75. The Labute approximate surface area is 164 Å². The fraction of sp³-hybridized carbons (Fsp3) is 0.409. The Morgan fingerprint density at radius 2 is 1.60 bits per heavy atom. The molecule has 0 heterocycles. The molecule has 0 saturated heterocycles. The fourth-order valence-corrected chi connectivity index (χ4v) is 4.46. The van der Waals surface area contributed by atoms with Crippen LogP contribution in [-0.2, 0) is 0 Å². The summed E-state index contributed by atoms with van der Waals surface area (Å²) in [7, 11) is 0. The van der Waals surface area contributed by atoms with Gasteiger partial charge in [0.05, 0.1) is 4.83 Å². The molecular formula is C22H27BrOS. The second-order valence-corrected chi connectivity index (χ2v) is 9.01. The van der Waals surface area contributed by atoms with Crippen molar-refractivity contribution in [3.05, 3.63) is 59.7 Å². The van der Waals surface area contributed by atoms with E-state index in [1.54, 1.807) is 11.8 Å². The van der Waals surface area contributed by atoms with E-state index < -0.39 is 0 Å². The fourth-order valence-electron chi connectivity index (χ4n) is 2.74.